The molecule has 3 atom stereocenters. The molecule has 1 saturated carbocycles. The van der Waals surface area contributed by atoms with Crippen LogP contribution in [0.5, 0.6) is 0 Å². The summed E-state index contributed by atoms with van der Waals surface area (Å²) >= 11 is 1.20. The van der Waals surface area contributed by atoms with Crippen LogP contribution in [0.25, 0.3) is 0 Å². The monoisotopic (exact) mass is 528 g/mol. The van der Waals surface area contributed by atoms with Gasteiger partial charge in [0.25, 0.3) is 0 Å². The fourth-order valence-corrected chi connectivity index (χ4v) is 7.80. The molecule has 0 spiro atoms. The fourth-order valence-electron chi connectivity index (χ4n) is 6.90. The lowest BCUT2D eigenvalue weighted by atomic mass is 9.88. The Hall–Kier alpha value is -2.33. The van der Waals surface area contributed by atoms with Gasteiger partial charge in [-0.2, -0.15) is 0 Å². The SMILES string of the molecule is Cc1nnc(C(C)C)n1C1CC2CCC(C1)N2CC[C@H](NC(=O)C1CCCCC1)c1ccc([N+](=O)[O-])s1. The number of hydrogen-bond donors (Lipinski definition) is 1. The Bertz CT molecular complexity index is 1090. The van der Waals surface area contributed by atoms with Gasteiger partial charge in [0, 0.05) is 47.4 Å². The second-order valence-electron chi connectivity index (χ2n) is 11.5. The van der Waals surface area contributed by atoms with Crippen LogP contribution < -0.4 is 5.32 Å². The quantitative estimate of drug-likeness (QED) is 0.332. The molecule has 2 saturated heterocycles. The Balaban J connectivity index is 1.27. The molecule has 1 aliphatic carbocycles. The van der Waals surface area contributed by atoms with Gasteiger partial charge in [-0.15, -0.1) is 10.2 Å². The van der Waals surface area contributed by atoms with Crippen molar-refractivity contribution in [3.8, 4) is 0 Å². The Labute approximate surface area is 223 Å². The predicted molar refractivity (Wildman–Crippen MR) is 144 cm³/mol. The van der Waals surface area contributed by atoms with Crippen molar-refractivity contribution in [1.29, 1.82) is 0 Å². The van der Waals surface area contributed by atoms with E-state index in [1.54, 1.807) is 6.07 Å². The molecule has 2 unspecified atom stereocenters. The molecule has 3 aliphatic rings. The number of nitrogens with zero attached hydrogens (tertiary/aromatic N) is 5. The third kappa shape index (κ3) is 5.60. The van der Waals surface area contributed by atoms with E-state index in [1.165, 1.54) is 30.6 Å². The van der Waals surface area contributed by atoms with E-state index in [9.17, 15) is 14.9 Å². The molecule has 1 amide bonds. The smallest absolute Gasteiger partial charge is 0.324 e. The highest BCUT2D eigenvalue weighted by Gasteiger charge is 2.42. The maximum absolute atomic E-state index is 13.1. The van der Waals surface area contributed by atoms with Gasteiger partial charge in [-0.3, -0.25) is 19.8 Å². The van der Waals surface area contributed by atoms with Crippen LogP contribution in [-0.2, 0) is 4.79 Å². The van der Waals surface area contributed by atoms with E-state index in [0.717, 1.165) is 68.0 Å². The number of aryl methyl sites for hydroxylation is 1. The number of nitro groups is 1. The van der Waals surface area contributed by atoms with E-state index in [0.29, 0.717) is 24.0 Å². The zero-order valence-electron chi connectivity index (χ0n) is 22.3. The van der Waals surface area contributed by atoms with Gasteiger partial charge in [0.1, 0.15) is 11.6 Å². The fraction of sp³-hybridized carbons (Fsp3) is 0.741. The summed E-state index contributed by atoms with van der Waals surface area (Å²) in [7, 11) is 0. The van der Waals surface area contributed by atoms with Crippen molar-refractivity contribution >= 4 is 22.2 Å². The van der Waals surface area contributed by atoms with Crippen LogP contribution in [0.15, 0.2) is 12.1 Å². The summed E-state index contributed by atoms with van der Waals surface area (Å²) in [4.78, 5) is 27.7. The molecule has 202 valence electrons. The van der Waals surface area contributed by atoms with Crippen LogP contribution in [0.4, 0.5) is 5.00 Å². The Morgan fingerprint density at radius 2 is 1.81 bits per heavy atom. The number of rotatable bonds is 9. The standard InChI is InChI=1S/C27H40N6O3S/c1-17(2)26-30-29-18(3)32(26)22-15-20-9-10-21(16-22)31(20)14-13-23(24-11-12-25(37-24)33(35)36)28-27(34)19-7-5-4-6-8-19/h11-12,17,19-23H,4-10,13-16H2,1-3H3,(H,28,34)/t20?,21?,22?,23-/m0/s1. The van der Waals surface area contributed by atoms with E-state index in [2.05, 4.69) is 45.8 Å². The van der Waals surface area contributed by atoms with Gasteiger partial charge in [0.15, 0.2) is 0 Å². The molecule has 2 bridgehead atoms. The Morgan fingerprint density at radius 3 is 2.43 bits per heavy atom. The van der Waals surface area contributed by atoms with E-state index >= 15 is 0 Å². The summed E-state index contributed by atoms with van der Waals surface area (Å²) in [5.41, 5.74) is 0. The van der Waals surface area contributed by atoms with Crippen LogP contribution >= 0.6 is 11.3 Å². The highest BCUT2D eigenvalue weighted by atomic mass is 32.1. The zero-order valence-corrected chi connectivity index (χ0v) is 23.1. The Morgan fingerprint density at radius 1 is 1.11 bits per heavy atom. The molecule has 1 N–H and O–H groups in total. The van der Waals surface area contributed by atoms with Crippen molar-refractivity contribution in [2.75, 3.05) is 6.54 Å². The van der Waals surface area contributed by atoms with Gasteiger partial charge in [0.05, 0.1) is 11.0 Å². The van der Waals surface area contributed by atoms with Gasteiger partial charge in [-0.05, 0) is 57.9 Å². The van der Waals surface area contributed by atoms with Crippen molar-refractivity contribution in [1.82, 2.24) is 25.0 Å². The number of nitrogens with one attached hydrogen (secondary N) is 1. The molecule has 4 heterocycles. The van der Waals surface area contributed by atoms with Gasteiger partial charge in [0.2, 0.25) is 5.91 Å². The summed E-state index contributed by atoms with van der Waals surface area (Å²) in [6.07, 6.45) is 10.7. The molecule has 10 heteroatoms. The van der Waals surface area contributed by atoms with Crippen molar-refractivity contribution in [2.45, 2.75) is 115 Å². The van der Waals surface area contributed by atoms with Crippen molar-refractivity contribution < 1.29 is 9.72 Å². The summed E-state index contributed by atoms with van der Waals surface area (Å²) in [5, 5.41) is 23.6. The number of amides is 1. The van der Waals surface area contributed by atoms with Gasteiger partial charge >= 0.3 is 5.00 Å². The van der Waals surface area contributed by atoms with Gasteiger partial charge < -0.3 is 9.88 Å². The van der Waals surface area contributed by atoms with Crippen molar-refractivity contribution in [3.05, 3.63) is 38.8 Å². The van der Waals surface area contributed by atoms with Crippen LogP contribution in [0.3, 0.4) is 0 Å². The third-order valence-electron chi connectivity index (χ3n) is 8.74. The van der Waals surface area contributed by atoms with Crippen LogP contribution in [0.2, 0.25) is 0 Å². The zero-order chi connectivity index (χ0) is 26.1. The maximum atomic E-state index is 13.1. The number of carbonyl (C=O) groups excluding carboxylic acids is 1. The maximum Gasteiger partial charge on any atom is 0.324 e. The molecule has 9 nitrogen and oxygen atoms in total. The molecular formula is C27H40N6O3S. The normalized spacial score (nSPS) is 25.5. The molecule has 0 aromatic carbocycles. The molecule has 0 radical (unpaired) electrons. The first-order valence-corrected chi connectivity index (χ1v) is 14.8. The van der Waals surface area contributed by atoms with Crippen LogP contribution in [0.1, 0.15) is 113 Å². The lowest BCUT2D eigenvalue weighted by Crippen LogP contribution is -2.45. The van der Waals surface area contributed by atoms with Crippen LogP contribution in [-0.4, -0.2) is 49.1 Å². The largest absolute Gasteiger partial charge is 0.348 e. The topological polar surface area (TPSA) is 106 Å². The lowest BCUT2D eigenvalue weighted by molar-refractivity contribution is -0.380. The minimum Gasteiger partial charge on any atom is -0.348 e. The molecule has 2 aliphatic heterocycles. The number of piperidine rings is 1. The minimum absolute atomic E-state index is 0.0697. The lowest BCUT2D eigenvalue weighted by Gasteiger charge is -2.40. The third-order valence-corrected chi connectivity index (χ3v) is 9.89. The first kappa shape index (κ1) is 26.3. The first-order chi connectivity index (χ1) is 17.8. The first-order valence-electron chi connectivity index (χ1n) is 14.0. The number of aromatic nitrogens is 3. The molecular weight excluding hydrogens is 488 g/mol. The average Bonchev–Trinajstić information content (AvgIpc) is 3.58. The second kappa shape index (κ2) is 11.2. The molecule has 5 rings (SSSR count). The van der Waals surface area contributed by atoms with Crippen molar-refractivity contribution in [3.63, 3.8) is 0 Å². The van der Waals surface area contributed by atoms with E-state index in [-0.39, 0.29) is 27.8 Å². The number of thiophene rings is 1. The average molecular weight is 529 g/mol. The van der Waals surface area contributed by atoms with Crippen LogP contribution in [0, 0.1) is 23.0 Å². The molecule has 37 heavy (non-hydrogen) atoms. The Kier molecular flexibility index (Phi) is 7.95. The molecule has 2 aromatic heterocycles. The summed E-state index contributed by atoms with van der Waals surface area (Å²) in [5.74, 6) is 2.62. The van der Waals surface area contributed by atoms with Gasteiger partial charge in [-0.25, -0.2) is 0 Å². The molecule has 3 fully saturated rings. The molecule has 2 aromatic rings. The summed E-state index contributed by atoms with van der Waals surface area (Å²) in [6, 6.07) is 4.68. The summed E-state index contributed by atoms with van der Waals surface area (Å²) < 4.78 is 2.38. The predicted octanol–water partition coefficient (Wildman–Crippen LogP) is 5.68. The van der Waals surface area contributed by atoms with E-state index < -0.39 is 0 Å². The minimum atomic E-state index is -0.336. The number of carbonyl (C=O) groups is 1. The highest BCUT2D eigenvalue weighted by Crippen LogP contribution is 2.43. The summed E-state index contributed by atoms with van der Waals surface area (Å²) in [6.45, 7) is 7.31. The van der Waals surface area contributed by atoms with Gasteiger partial charge in [-0.1, -0.05) is 44.4 Å². The van der Waals surface area contributed by atoms with Crippen molar-refractivity contribution in [2.24, 2.45) is 5.92 Å². The number of fused-ring (bicyclic) bond motifs is 2. The van der Waals surface area contributed by atoms with E-state index in [4.69, 9.17) is 0 Å². The van der Waals surface area contributed by atoms with E-state index in [1.807, 2.05) is 6.07 Å². The number of hydrogen-bond acceptors (Lipinski definition) is 7. The highest BCUT2D eigenvalue weighted by molar-refractivity contribution is 7.15. The second-order valence-corrected chi connectivity index (χ2v) is 12.6.